The van der Waals surface area contributed by atoms with Gasteiger partial charge in [-0.05, 0) is 98.7 Å². The van der Waals surface area contributed by atoms with E-state index < -0.39 is 155 Å². The minimum atomic E-state index is -1.85. The lowest BCUT2D eigenvalue weighted by Gasteiger charge is -2.58. The van der Waals surface area contributed by atoms with Crippen LogP contribution in [0.4, 0.5) is 0 Å². The number of ether oxygens (including phenoxy) is 9. The quantitative estimate of drug-likeness (QED) is 0.0727. The van der Waals surface area contributed by atoms with Crippen LogP contribution in [0, 0.1) is 46.3 Å². The minimum absolute atomic E-state index is 0.0705. The molecule has 14 N–H and O–H groups in total. The number of aliphatic hydroxyl groups excluding tert-OH is 13. The first-order valence-electron chi connectivity index (χ1n) is 26.9. The highest BCUT2D eigenvalue weighted by molar-refractivity contribution is 5.26. The molecule has 5 aliphatic heterocycles. The van der Waals surface area contributed by atoms with Gasteiger partial charge in [0.1, 0.15) is 91.6 Å². The largest absolute Gasteiger partial charge is 0.394 e. The van der Waals surface area contributed by atoms with Crippen molar-refractivity contribution >= 4 is 0 Å². The van der Waals surface area contributed by atoms with E-state index in [-0.39, 0.29) is 41.3 Å². The molecule has 8 fully saturated rings. The van der Waals surface area contributed by atoms with Crippen molar-refractivity contribution in [2.45, 2.75) is 233 Å². The summed E-state index contributed by atoms with van der Waals surface area (Å²) in [5.74, 6) is -0.310. The molecule has 0 spiro atoms. The Labute approximate surface area is 430 Å². The SMILES string of the molecule is CC(CCC1(O)O[C@H]2C[C@H]3[C@@H]4CC=C5C[C@@H](O[C@@H]6O[C@H](CO)[C@H](O[C@@H]7O[C@H](CO)[C@@H](O)[C@H](O)[C@H]7O)[C@H](O)[C@H]6O[C@@H]6O[C@@H](C)[C@H](O)[C@@H](O)[C@H]6O)CC[C@]5(C)[C@H]4CC[C@]3(C)[C@H]2[C@@H]1C)CO[C@@H]1O[C@H](CO)[C@@H](O)[C@H](O)[C@H]1O. The fraction of sp³-hybridized carbons (Fsp3) is 0.961. The van der Waals surface area contributed by atoms with E-state index in [1.807, 2.05) is 6.92 Å². The van der Waals surface area contributed by atoms with Gasteiger partial charge in [0, 0.05) is 12.3 Å². The van der Waals surface area contributed by atoms with Crippen molar-refractivity contribution < 1.29 is 114 Å². The Balaban J connectivity index is 0.849. The average molecular weight is 1070 g/mol. The standard InChI is InChI=1S/C51H84O23/c1-20(19-66-45-39(61)37(59)34(56)29(16-52)69-45)8-13-51(65)21(2)32-28(74-51)15-27-25-7-6-23-14-24(9-11-49(23,4)26(25)10-12-50(27,32)5)68-48-44(73-46-40(62)36(58)33(55)22(3)67-46)42(64)43(31(18-54)71-48)72-47-41(63)38(60)35(57)30(17-53)70-47/h6,20-22,24-48,52-65H,7-19H2,1-5H3/t20?,21-,22-,24-,25+,26-,27-,28-,29+,30+,31+,32-,33-,34+,35+,36+,37-,38-,39+,40+,41+,42-,43-,44+,45+,46-,47-,48+,49-,50-,51?/m0/s1. The normalized spacial score (nSPS) is 54.9. The smallest absolute Gasteiger partial charge is 0.187 e. The van der Waals surface area contributed by atoms with Crippen LogP contribution in [0.25, 0.3) is 0 Å². The summed E-state index contributed by atoms with van der Waals surface area (Å²) in [7, 11) is 0. The van der Waals surface area contributed by atoms with Gasteiger partial charge in [-0.1, -0.05) is 39.3 Å². The molecule has 5 saturated heterocycles. The van der Waals surface area contributed by atoms with E-state index in [2.05, 4.69) is 26.8 Å². The Kier molecular flexibility index (Phi) is 17.4. The zero-order valence-corrected chi connectivity index (χ0v) is 42.9. The van der Waals surface area contributed by atoms with Crippen molar-refractivity contribution in [3.05, 3.63) is 11.6 Å². The van der Waals surface area contributed by atoms with Crippen molar-refractivity contribution in [1.82, 2.24) is 0 Å². The molecule has 0 radical (unpaired) electrons. The first-order chi connectivity index (χ1) is 35.0. The van der Waals surface area contributed by atoms with E-state index in [0.717, 1.165) is 32.1 Å². The van der Waals surface area contributed by atoms with E-state index in [0.29, 0.717) is 43.4 Å². The van der Waals surface area contributed by atoms with Gasteiger partial charge in [-0.2, -0.15) is 0 Å². The molecule has 0 aromatic carbocycles. The molecule has 0 aromatic heterocycles. The maximum Gasteiger partial charge on any atom is 0.187 e. The van der Waals surface area contributed by atoms with Crippen LogP contribution in [0.3, 0.4) is 0 Å². The molecule has 0 amide bonds. The van der Waals surface area contributed by atoms with Crippen LogP contribution < -0.4 is 0 Å². The third kappa shape index (κ3) is 10.2. The highest BCUT2D eigenvalue weighted by atomic mass is 16.8. The first-order valence-corrected chi connectivity index (χ1v) is 26.9. The van der Waals surface area contributed by atoms with Crippen molar-refractivity contribution in [2.24, 2.45) is 46.3 Å². The summed E-state index contributed by atoms with van der Waals surface area (Å²) in [6, 6.07) is 0. The summed E-state index contributed by atoms with van der Waals surface area (Å²) in [6.07, 6.45) is -22.1. The number of hydrogen-bond acceptors (Lipinski definition) is 23. The molecule has 3 saturated carbocycles. The molecule has 426 valence electrons. The molecular formula is C51H84O23. The molecule has 0 bridgehead atoms. The van der Waals surface area contributed by atoms with Gasteiger partial charge in [0.05, 0.1) is 44.7 Å². The van der Waals surface area contributed by atoms with Crippen molar-refractivity contribution in [3.8, 4) is 0 Å². The number of allylic oxidation sites excluding steroid dienone is 1. The van der Waals surface area contributed by atoms with E-state index in [4.69, 9.17) is 42.6 Å². The third-order valence-corrected chi connectivity index (χ3v) is 19.5. The molecular weight excluding hydrogens is 981 g/mol. The number of fused-ring (bicyclic) bond motifs is 7. The van der Waals surface area contributed by atoms with Crippen LogP contribution in [-0.2, 0) is 42.6 Å². The third-order valence-electron chi connectivity index (χ3n) is 19.5. The van der Waals surface area contributed by atoms with E-state index in [1.165, 1.54) is 12.5 Å². The molecule has 31 atom stereocenters. The number of aliphatic hydroxyl groups is 14. The Morgan fingerprint density at radius 2 is 1.22 bits per heavy atom. The molecule has 2 unspecified atom stereocenters. The predicted octanol–water partition coefficient (Wildman–Crippen LogP) is -3.01. The van der Waals surface area contributed by atoms with Crippen LogP contribution in [0.5, 0.6) is 0 Å². The van der Waals surface area contributed by atoms with Gasteiger partial charge in [0.2, 0.25) is 0 Å². The van der Waals surface area contributed by atoms with Gasteiger partial charge in [-0.3, -0.25) is 0 Å². The Morgan fingerprint density at radius 3 is 1.86 bits per heavy atom. The van der Waals surface area contributed by atoms with Gasteiger partial charge in [0.15, 0.2) is 30.9 Å². The van der Waals surface area contributed by atoms with E-state index in [1.54, 1.807) is 0 Å². The maximum absolute atomic E-state index is 12.1. The van der Waals surface area contributed by atoms with Gasteiger partial charge in [-0.25, -0.2) is 0 Å². The predicted molar refractivity (Wildman–Crippen MR) is 250 cm³/mol. The minimum Gasteiger partial charge on any atom is -0.394 e. The molecule has 23 nitrogen and oxygen atoms in total. The average Bonchev–Trinajstić information content (AvgIpc) is 3.82. The zero-order valence-electron chi connectivity index (χ0n) is 42.9. The summed E-state index contributed by atoms with van der Waals surface area (Å²) in [6.45, 7) is 8.35. The molecule has 5 heterocycles. The Hall–Kier alpha value is -1.18. The lowest BCUT2D eigenvalue weighted by molar-refractivity contribution is -0.389. The summed E-state index contributed by atoms with van der Waals surface area (Å²) in [5.41, 5.74) is 1.02. The van der Waals surface area contributed by atoms with Crippen LogP contribution in [-0.4, -0.2) is 239 Å². The summed E-state index contributed by atoms with van der Waals surface area (Å²) in [4.78, 5) is 0. The van der Waals surface area contributed by atoms with Crippen molar-refractivity contribution in [3.63, 3.8) is 0 Å². The molecule has 4 aliphatic carbocycles. The van der Waals surface area contributed by atoms with Crippen LogP contribution in [0.1, 0.15) is 92.4 Å². The number of hydrogen-bond donors (Lipinski definition) is 14. The van der Waals surface area contributed by atoms with Gasteiger partial charge < -0.3 is 114 Å². The molecule has 74 heavy (non-hydrogen) atoms. The fourth-order valence-corrected chi connectivity index (χ4v) is 15.0. The molecule has 9 rings (SSSR count). The summed E-state index contributed by atoms with van der Waals surface area (Å²) in [5, 5.41) is 148. The summed E-state index contributed by atoms with van der Waals surface area (Å²) < 4.78 is 54.4. The van der Waals surface area contributed by atoms with Crippen molar-refractivity contribution in [2.75, 3.05) is 26.4 Å². The maximum atomic E-state index is 12.1. The van der Waals surface area contributed by atoms with Gasteiger partial charge >= 0.3 is 0 Å². The van der Waals surface area contributed by atoms with Gasteiger partial charge in [-0.15, -0.1) is 0 Å². The molecule has 0 aromatic rings. The Morgan fingerprint density at radius 1 is 0.635 bits per heavy atom. The highest BCUT2D eigenvalue weighted by Gasteiger charge is 2.68. The second-order valence-corrected chi connectivity index (χ2v) is 23.8. The lowest BCUT2D eigenvalue weighted by Crippen LogP contribution is -2.67. The zero-order chi connectivity index (χ0) is 53.5. The van der Waals surface area contributed by atoms with E-state index in [9.17, 15) is 71.5 Å². The second-order valence-electron chi connectivity index (χ2n) is 23.8. The number of rotatable bonds is 15. The van der Waals surface area contributed by atoms with Crippen LogP contribution >= 0.6 is 0 Å². The van der Waals surface area contributed by atoms with Crippen LogP contribution in [0.2, 0.25) is 0 Å². The monoisotopic (exact) mass is 1060 g/mol. The van der Waals surface area contributed by atoms with Crippen LogP contribution in [0.15, 0.2) is 11.6 Å². The Bertz CT molecular complexity index is 1920. The first kappa shape index (κ1) is 57.5. The molecule has 23 heteroatoms. The van der Waals surface area contributed by atoms with Gasteiger partial charge in [0.25, 0.3) is 0 Å². The fourth-order valence-electron chi connectivity index (χ4n) is 15.0. The highest BCUT2D eigenvalue weighted by Crippen LogP contribution is 2.70. The second kappa shape index (κ2) is 22.4. The van der Waals surface area contributed by atoms with E-state index >= 15 is 0 Å². The summed E-state index contributed by atoms with van der Waals surface area (Å²) >= 11 is 0. The molecule has 9 aliphatic rings. The van der Waals surface area contributed by atoms with Crippen molar-refractivity contribution in [1.29, 1.82) is 0 Å². The topological polar surface area (TPSA) is 366 Å². The lowest BCUT2D eigenvalue weighted by atomic mass is 9.47.